The number of halogens is 4. The van der Waals surface area contributed by atoms with Gasteiger partial charge in [-0.3, -0.25) is 10.1 Å². The lowest BCUT2D eigenvalue weighted by Crippen LogP contribution is -2.25. The zero-order valence-corrected chi connectivity index (χ0v) is 24.1. The van der Waals surface area contributed by atoms with Crippen LogP contribution < -0.4 is 18.9 Å². The monoisotopic (exact) mass is 638 g/mol. The third-order valence-corrected chi connectivity index (χ3v) is 7.64. The molecule has 228 valence electrons. The van der Waals surface area contributed by atoms with Crippen molar-refractivity contribution in [3.05, 3.63) is 90.8 Å². The summed E-state index contributed by atoms with van der Waals surface area (Å²) in [4.78, 5) is 24.4. The van der Waals surface area contributed by atoms with Gasteiger partial charge < -0.3 is 24.2 Å². The fourth-order valence-corrected chi connectivity index (χ4v) is 4.86. The van der Waals surface area contributed by atoms with E-state index in [0.29, 0.717) is 34.3 Å². The molecule has 43 heavy (non-hydrogen) atoms. The molecule has 0 N–H and O–H groups in total. The Morgan fingerprint density at radius 2 is 1.58 bits per heavy atom. The van der Waals surface area contributed by atoms with Gasteiger partial charge in [0.05, 0.1) is 23.7 Å². The Hall–Kier alpha value is -3.90. The number of aromatic nitrogens is 1. The minimum Gasteiger partial charge on any atom is -0.619 e. The van der Waals surface area contributed by atoms with Crippen molar-refractivity contribution in [2.45, 2.75) is 44.8 Å². The minimum atomic E-state index is -3.10. The molecule has 0 unspecified atom stereocenters. The maximum atomic E-state index is 13.4. The molecule has 0 bridgehead atoms. The molecule has 5 rings (SSSR count). The fourth-order valence-electron chi connectivity index (χ4n) is 4.26. The van der Waals surface area contributed by atoms with Gasteiger partial charge in [0.15, 0.2) is 29.6 Å². The molecular formula is C29H26Cl2F2N2O8. The van der Waals surface area contributed by atoms with E-state index in [4.69, 9.17) is 37.4 Å². The number of nitro benzene ring substituents is 1. The van der Waals surface area contributed by atoms with Gasteiger partial charge in [0.25, 0.3) is 0 Å². The summed E-state index contributed by atoms with van der Waals surface area (Å²) in [6.45, 7) is -2.52. The summed E-state index contributed by atoms with van der Waals surface area (Å²) in [6, 6.07) is 7.78. The van der Waals surface area contributed by atoms with E-state index in [1.54, 1.807) is 0 Å². The van der Waals surface area contributed by atoms with Gasteiger partial charge in [-0.15, -0.1) is 0 Å². The third-order valence-electron chi connectivity index (χ3n) is 6.99. The number of rotatable bonds is 14. The van der Waals surface area contributed by atoms with E-state index in [-0.39, 0.29) is 51.6 Å². The van der Waals surface area contributed by atoms with Gasteiger partial charge in [-0.25, -0.2) is 4.79 Å². The maximum Gasteiger partial charge on any atom is 0.387 e. The number of ether oxygens (including phenoxy) is 4. The first-order valence-electron chi connectivity index (χ1n) is 13.5. The van der Waals surface area contributed by atoms with Crippen LogP contribution in [0.5, 0.6) is 17.2 Å². The SMILES string of the molecule is O=C(O[C@@H](Cc1c(Cl)c[n+]([O-])cc1Cl)c1ccc(OC(F)F)c(OCC2CC2)c1)c1ccc([N+](=O)[O-])c(OCC2CC2)c1. The number of esters is 1. The van der Waals surface area contributed by atoms with E-state index in [9.17, 15) is 28.9 Å². The lowest BCUT2D eigenvalue weighted by molar-refractivity contribution is -0.605. The van der Waals surface area contributed by atoms with Gasteiger partial charge in [0, 0.05) is 24.1 Å². The van der Waals surface area contributed by atoms with Crippen molar-refractivity contribution >= 4 is 34.9 Å². The molecule has 2 saturated carbocycles. The molecule has 0 aliphatic heterocycles. The van der Waals surface area contributed by atoms with Crippen LogP contribution in [0, 0.1) is 27.2 Å². The van der Waals surface area contributed by atoms with Gasteiger partial charge in [-0.2, -0.15) is 13.5 Å². The third kappa shape index (κ3) is 8.14. The zero-order chi connectivity index (χ0) is 30.7. The van der Waals surface area contributed by atoms with Crippen LogP contribution >= 0.6 is 23.2 Å². The Kier molecular flexibility index (Phi) is 9.36. The summed E-state index contributed by atoms with van der Waals surface area (Å²) in [5.41, 5.74) is 0.305. The molecule has 1 aromatic heterocycles. The first-order valence-corrected chi connectivity index (χ1v) is 14.2. The molecule has 0 amide bonds. The molecular weight excluding hydrogens is 613 g/mol. The Balaban J connectivity index is 1.47. The first kappa shape index (κ1) is 30.6. The molecule has 2 aliphatic carbocycles. The molecule has 2 fully saturated rings. The Morgan fingerprint density at radius 1 is 0.953 bits per heavy atom. The number of benzene rings is 2. The summed E-state index contributed by atoms with van der Waals surface area (Å²) in [6.07, 6.45) is 4.79. The highest BCUT2D eigenvalue weighted by atomic mass is 35.5. The highest BCUT2D eigenvalue weighted by molar-refractivity contribution is 6.35. The van der Waals surface area contributed by atoms with Crippen LogP contribution in [-0.4, -0.2) is 30.7 Å². The van der Waals surface area contributed by atoms with Crippen molar-refractivity contribution in [3.8, 4) is 17.2 Å². The number of pyridine rings is 1. The maximum absolute atomic E-state index is 13.4. The van der Waals surface area contributed by atoms with Crippen molar-refractivity contribution in [2.75, 3.05) is 13.2 Å². The lowest BCUT2D eigenvalue weighted by atomic mass is 10.0. The topological polar surface area (TPSA) is 124 Å². The number of hydrogen-bond donors (Lipinski definition) is 0. The Bertz CT molecular complexity index is 1490. The zero-order valence-electron chi connectivity index (χ0n) is 22.6. The molecule has 2 aromatic carbocycles. The van der Waals surface area contributed by atoms with Gasteiger partial charge >= 0.3 is 18.3 Å². The van der Waals surface area contributed by atoms with Crippen LogP contribution in [-0.2, 0) is 11.2 Å². The molecule has 3 aromatic rings. The number of alkyl halides is 2. The van der Waals surface area contributed by atoms with E-state index in [2.05, 4.69) is 4.74 Å². The van der Waals surface area contributed by atoms with E-state index >= 15 is 0 Å². The second-order valence-electron chi connectivity index (χ2n) is 10.4. The average Bonchev–Trinajstić information content (AvgIpc) is 3.88. The van der Waals surface area contributed by atoms with Crippen molar-refractivity contribution in [2.24, 2.45) is 11.8 Å². The van der Waals surface area contributed by atoms with Crippen LogP contribution in [0.15, 0.2) is 48.8 Å². The van der Waals surface area contributed by atoms with Gasteiger partial charge in [-0.05, 0) is 61.3 Å². The quantitative estimate of drug-likeness (QED) is 0.0617. The lowest BCUT2D eigenvalue weighted by Gasteiger charge is -2.21. The summed E-state index contributed by atoms with van der Waals surface area (Å²) in [7, 11) is 0. The van der Waals surface area contributed by atoms with E-state index in [0.717, 1.165) is 44.1 Å². The summed E-state index contributed by atoms with van der Waals surface area (Å²) in [5.74, 6) is -0.482. The van der Waals surface area contributed by atoms with E-state index in [1.165, 1.54) is 30.3 Å². The van der Waals surface area contributed by atoms with Crippen molar-refractivity contribution in [1.29, 1.82) is 0 Å². The summed E-state index contributed by atoms with van der Waals surface area (Å²) in [5, 5.41) is 23.4. The van der Waals surface area contributed by atoms with Crippen LogP contribution in [0.3, 0.4) is 0 Å². The molecule has 0 radical (unpaired) electrons. The molecule has 1 heterocycles. The molecule has 0 spiro atoms. The fraction of sp³-hybridized carbons (Fsp3) is 0.379. The first-order chi connectivity index (χ1) is 20.6. The summed E-state index contributed by atoms with van der Waals surface area (Å²) < 4.78 is 48.5. The largest absolute Gasteiger partial charge is 0.619 e. The van der Waals surface area contributed by atoms with Crippen LogP contribution in [0.2, 0.25) is 10.0 Å². The smallest absolute Gasteiger partial charge is 0.387 e. The number of carbonyl (C=O) groups is 1. The second-order valence-corrected chi connectivity index (χ2v) is 11.2. The summed E-state index contributed by atoms with van der Waals surface area (Å²) >= 11 is 12.6. The van der Waals surface area contributed by atoms with Crippen molar-refractivity contribution in [3.63, 3.8) is 0 Å². The van der Waals surface area contributed by atoms with Crippen LogP contribution in [0.1, 0.15) is 53.3 Å². The number of nitrogens with zero attached hydrogens (tertiary/aromatic N) is 2. The number of nitro groups is 1. The van der Waals surface area contributed by atoms with Crippen molar-refractivity contribution < 1.29 is 42.2 Å². The van der Waals surface area contributed by atoms with Gasteiger partial charge in [0.1, 0.15) is 16.1 Å². The number of hydrogen-bond acceptors (Lipinski definition) is 8. The second kappa shape index (κ2) is 13.2. The normalized spacial score (nSPS) is 15.2. The average molecular weight is 639 g/mol. The van der Waals surface area contributed by atoms with Gasteiger partial charge in [-0.1, -0.05) is 29.3 Å². The molecule has 10 nitrogen and oxygen atoms in total. The Morgan fingerprint density at radius 3 is 2.16 bits per heavy atom. The molecule has 14 heteroatoms. The van der Waals surface area contributed by atoms with Crippen molar-refractivity contribution in [1.82, 2.24) is 0 Å². The molecule has 2 aliphatic rings. The predicted octanol–water partition coefficient (Wildman–Crippen LogP) is 6.85. The van der Waals surface area contributed by atoms with E-state index < -0.39 is 23.6 Å². The standard InChI is InChI=1S/C29H26Cl2F2N2O8/c30-21-12-34(37)13-22(31)20(21)11-25(18-6-8-24(43-29(32)33)27(9-18)41-15-17-3-4-17)42-28(36)19-5-7-23(35(38)39)26(10-19)40-14-16-1-2-16/h5-10,12-13,16-17,25,29H,1-4,11,14-15H2/t25-/m0/s1. The predicted molar refractivity (Wildman–Crippen MR) is 150 cm³/mol. The van der Waals surface area contributed by atoms with Crippen LogP contribution in [0.25, 0.3) is 0 Å². The van der Waals surface area contributed by atoms with Crippen LogP contribution in [0.4, 0.5) is 14.5 Å². The van der Waals surface area contributed by atoms with E-state index in [1.807, 2.05) is 0 Å². The highest BCUT2D eigenvalue weighted by Gasteiger charge is 2.29. The van der Waals surface area contributed by atoms with Gasteiger partial charge in [0.2, 0.25) is 0 Å². The number of carbonyl (C=O) groups excluding carboxylic acids is 1. The minimum absolute atomic E-state index is 0.0116. The highest BCUT2D eigenvalue weighted by Crippen LogP contribution is 2.39. The molecule has 0 saturated heterocycles. The molecule has 1 atom stereocenters. The Labute approximate surface area is 254 Å².